The van der Waals surface area contributed by atoms with E-state index < -0.39 is 21.3 Å². The molecule has 0 saturated heterocycles. The normalized spacial score (nSPS) is 12.2. The first-order valence-corrected chi connectivity index (χ1v) is 20.7. The molecule has 0 atom stereocenters. The maximum absolute atomic E-state index is 15.5. The lowest BCUT2D eigenvalue weighted by molar-refractivity contribution is 0.184. The minimum Gasteiger partial charge on any atom is -0.307 e. The average molecular weight is 677 g/mol. The molecule has 46 heavy (non-hydrogen) atoms. The van der Waals surface area contributed by atoms with E-state index in [-0.39, 0.29) is 33.0 Å². The van der Waals surface area contributed by atoms with Crippen molar-refractivity contribution >= 4 is 21.3 Å². The van der Waals surface area contributed by atoms with Gasteiger partial charge in [-0.2, -0.15) is 0 Å². The van der Waals surface area contributed by atoms with Gasteiger partial charge in [0.1, 0.15) is 0 Å². The Kier molecular flexibility index (Phi) is 12.1. The fraction of sp³-hybridized carbons (Fsp3) is 0.143. The highest BCUT2D eigenvalue weighted by molar-refractivity contribution is 8.61. The maximum Gasteiger partial charge on any atom is 0.425 e. The second-order valence-electron chi connectivity index (χ2n) is 10.2. The second-order valence-corrected chi connectivity index (χ2v) is 21.4. The first-order chi connectivity index (χ1) is 22.4. The molecule has 0 heterocycles. The molecule has 0 bridgehead atoms. The second kappa shape index (κ2) is 16.4. The molecule has 11 heteroatoms. The van der Waals surface area contributed by atoms with Gasteiger partial charge in [0, 0.05) is 0 Å². The molecule has 0 spiro atoms. The minimum atomic E-state index is -5.15. The molecule has 0 aliphatic heterocycles. The summed E-state index contributed by atoms with van der Waals surface area (Å²) >= 11 is 0. The van der Waals surface area contributed by atoms with E-state index in [1.54, 1.807) is 121 Å². The standard InChI is InChI=1S/C35H35O8P3/c36-44(39-26-31-16-6-1-7-17-31,40-27-32-18-8-2-9-19-32)46(38,43-30-35-24-14-5-15-25-35)45(37,41-28-33-20-10-3-11-21-33)42-29-34-22-12-4-13-23-34/h1-25H,26-30H2. The van der Waals surface area contributed by atoms with Crippen molar-refractivity contribution in [2.75, 3.05) is 0 Å². The van der Waals surface area contributed by atoms with Crippen molar-refractivity contribution in [2.45, 2.75) is 33.0 Å². The monoisotopic (exact) mass is 676 g/mol. The molecule has 0 aliphatic rings. The summed E-state index contributed by atoms with van der Waals surface area (Å²) in [5.41, 5.74) is 3.12. The van der Waals surface area contributed by atoms with E-state index in [4.69, 9.17) is 22.6 Å². The molecule has 0 N–H and O–H groups in total. The molecule has 238 valence electrons. The van der Waals surface area contributed by atoms with Crippen LogP contribution >= 0.6 is 21.3 Å². The van der Waals surface area contributed by atoms with Gasteiger partial charge in [-0.1, -0.05) is 152 Å². The molecular weight excluding hydrogens is 641 g/mol. The van der Waals surface area contributed by atoms with Gasteiger partial charge in [0.15, 0.2) is 0 Å². The lowest BCUT2D eigenvalue weighted by Gasteiger charge is -2.31. The molecule has 0 aromatic heterocycles. The summed E-state index contributed by atoms with van der Waals surface area (Å²) in [5, 5.41) is 0. The van der Waals surface area contributed by atoms with Gasteiger partial charge in [-0.25, -0.2) is 9.13 Å². The topological polar surface area (TPSA) is 97.4 Å². The van der Waals surface area contributed by atoms with Crippen molar-refractivity contribution in [3.8, 4) is 0 Å². The van der Waals surface area contributed by atoms with Gasteiger partial charge in [0.2, 0.25) is 0 Å². The minimum absolute atomic E-state index is 0.261. The predicted octanol–water partition coefficient (Wildman–Crippen LogP) is 10.6. The lowest BCUT2D eigenvalue weighted by atomic mass is 10.2. The summed E-state index contributed by atoms with van der Waals surface area (Å²) in [6, 6.07) is 44.5. The third-order valence-electron chi connectivity index (χ3n) is 6.81. The third kappa shape index (κ3) is 8.89. The number of hydrogen-bond donors (Lipinski definition) is 0. The van der Waals surface area contributed by atoms with Crippen LogP contribution in [-0.2, 0) is 69.3 Å². The van der Waals surface area contributed by atoms with Crippen LogP contribution in [0.15, 0.2) is 152 Å². The van der Waals surface area contributed by atoms with Gasteiger partial charge in [-0.3, -0.25) is 22.7 Å². The van der Waals surface area contributed by atoms with Crippen LogP contribution in [0, 0.1) is 0 Å². The first-order valence-electron chi connectivity index (χ1n) is 14.6. The van der Waals surface area contributed by atoms with Gasteiger partial charge in [0.25, 0.3) is 0 Å². The summed E-state index contributed by atoms with van der Waals surface area (Å²) in [4.78, 5) is 0. The average Bonchev–Trinajstić information content (AvgIpc) is 3.12. The summed E-state index contributed by atoms with van der Waals surface area (Å²) in [7, 11) is -9.91. The Bertz CT molecular complexity index is 1570. The van der Waals surface area contributed by atoms with E-state index in [2.05, 4.69) is 0 Å². The quantitative estimate of drug-likeness (QED) is 0.0898. The zero-order valence-corrected chi connectivity index (χ0v) is 27.8. The van der Waals surface area contributed by atoms with E-state index in [0.717, 1.165) is 0 Å². The van der Waals surface area contributed by atoms with Gasteiger partial charge in [-0.05, 0) is 27.8 Å². The molecular formula is C35H35O8P3. The van der Waals surface area contributed by atoms with Gasteiger partial charge < -0.3 is 4.52 Å². The van der Waals surface area contributed by atoms with Gasteiger partial charge in [-0.15, -0.1) is 0 Å². The van der Waals surface area contributed by atoms with Crippen molar-refractivity contribution in [2.24, 2.45) is 0 Å². The highest BCUT2D eigenvalue weighted by atomic mass is 32.5. The Morgan fingerprint density at radius 2 is 0.500 bits per heavy atom. The van der Waals surface area contributed by atoms with E-state index in [1.165, 1.54) is 0 Å². The molecule has 8 nitrogen and oxygen atoms in total. The molecule has 5 rings (SSSR count). The summed E-state index contributed by atoms with van der Waals surface area (Å²) in [5.74, 6) is 0. The molecule has 5 aromatic rings. The number of benzene rings is 5. The van der Waals surface area contributed by atoms with Crippen LogP contribution < -0.4 is 0 Å². The molecule has 5 aromatic carbocycles. The molecule has 0 amide bonds. The van der Waals surface area contributed by atoms with Crippen molar-refractivity contribution in [3.63, 3.8) is 0 Å². The SMILES string of the molecule is O=P(OCc1ccccc1)(OCc1ccccc1)P(=O)(OCc1ccccc1)P(=O)(OCc1ccccc1)OCc1ccccc1. The highest BCUT2D eigenvalue weighted by Gasteiger charge is 2.65. The Morgan fingerprint density at radius 3 is 0.717 bits per heavy atom. The molecule has 0 saturated carbocycles. The van der Waals surface area contributed by atoms with E-state index >= 15 is 13.7 Å². The largest absolute Gasteiger partial charge is 0.425 e. The van der Waals surface area contributed by atoms with Crippen molar-refractivity contribution in [1.29, 1.82) is 0 Å². The molecule has 0 aliphatic carbocycles. The van der Waals surface area contributed by atoms with E-state index in [0.29, 0.717) is 27.8 Å². The lowest BCUT2D eigenvalue weighted by Crippen LogP contribution is -2.07. The molecule has 0 unspecified atom stereocenters. The molecule has 0 fully saturated rings. The van der Waals surface area contributed by atoms with Crippen LogP contribution in [0.2, 0.25) is 0 Å². The fourth-order valence-electron chi connectivity index (χ4n) is 4.30. The van der Waals surface area contributed by atoms with Gasteiger partial charge in [0.05, 0.1) is 33.0 Å². The smallest absolute Gasteiger partial charge is 0.307 e. The third-order valence-corrected chi connectivity index (χ3v) is 20.1. The van der Waals surface area contributed by atoms with Gasteiger partial charge >= 0.3 is 21.3 Å². The summed E-state index contributed by atoms with van der Waals surface area (Å²) < 4.78 is 75.5. The summed E-state index contributed by atoms with van der Waals surface area (Å²) in [6.45, 7) is -6.52. The number of hydrogen-bond acceptors (Lipinski definition) is 8. The predicted molar refractivity (Wildman–Crippen MR) is 179 cm³/mol. The first kappa shape index (κ1) is 33.9. The zero-order valence-electron chi connectivity index (χ0n) is 25.1. The molecule has 0 radical (unpaired) electrons. The Hall–Kier alpha value is -3.41. The highest BCUT2D eigenvalue weighted by Crippen LogP contribution is 3.01. The van der Waals surface area contributed by atoms with Crippen LogP contribution in [-0.4, -0.2) is 0 Å². The van der Waals surface area contributed by atoms with Crippen LogP contribution in [0.5, 0.6) is 0 Å². The van der Waals surface area contributed by atoms with E-state index in [1.807, 2.05) is 30.3 Å². The van der Waals surface area contributed by atoms with Crippen LogP contribution in [0.3, 0.4) is 0 Å². The van der Waals surface area contributed by atoms with E-state index in [9.17, 15) is 0 Å². The van der Waals surface area contributed by atoms with Crippen molar-refractivity contribution in [1.82, 2.24) is 0 Å². The van der Waals surface area contributed by atoms with Crippen molar-refractivity contribution < 1.29 is 36.3 Å². The Labute approximate surface area is 269 Å². The summed E-state index contributed by atoms with van der Waals surface area (Å²) in [6.07, 6.45) is 0. The van der Waals surface area contributed by atoms with Crippen molar-refractivity contribution in [3.05, 3.63) is 179 Å². The fourth-order valence-corrected chi connectivity index (χ4v) is 15.9. The van der Waals surface area contributed by atoms with Crippen LogP contribution in [0.25, 0.3) is 0 Å². The maximum atomic E-state index is 15.5. The zero-order chi connectivity index (χ0) is 32.1. The number of rotatable bonds is 17. The Balaban J connectivity index is 1.58. The van der Waals surface area contributed by atoms with Crippen LogP contribution in [0.4, 0.5) is 0 Å². The Morgan fingerprint density at radius 1 is 0.304 bits per heavy atom. The van der Waals surface area contributed by atoms with Crippen LogP contribution in [0.1, 0.15) is 27.8 Å².